The lowest BCUT2D eigenvalue weighted by Gasteiger charge is -2.12. The number of hydrogen-bond acceptors (Lipinski definition) is 3. The summed E-state index contributed by atoms with van der Waals surface area (Å²) >= 11 is 0. The zero-order valence-electron chi connectivity index (χ0n) is 9.77. The maximum Gasteiger partial charge on any atom is 0.119 e. The molecule has 0 heterocycles. The van der Waals surface area contributed by atoms with Crippen molar-refractivity contribution >= 4 is 0 Å². The van der Waals surface area contributed by atoms with Crippen LogP contribution < -0.4 is 4.74 Å². The molecule has 1 N–H and O–H groups in total. The Balaban J connectivity index is 2.02. The van der Waals surface area contributed by atoms with E-state index in [9.17, 15) is 5.11 Å². The van der Waals surface area contributed by atoms with Crippen molar-refractivity contribution in [1.82, 2.24) is 0 Å². The third-order valence-corrected chi connectivity index (χ3v) is 3.05. The predicted molar refractivity (Wildman–Crippen MR) is 61.7 cm³/mol. The lowest BCUT2D eigenvalue weighted by molar-refractivity contribution is 0.0716. The van der Waals surface area contributed by atoms with E-state index in [4.69, 9.17) is 9.47 Å². The van der Waals surface area contributed by atoms with Crippen molar-refractivity contribution in [2.45, 2.75) is 32.0 Å². The highest BCUT2D eigenvalue weighted by molar-refractivity contribution is 5.39. The number of ether oxygens (including phenoxy) is 2. The first-order valence-corrected chi connectivity index (χ1v) is 5.67. The molecule has 0 fully saturated rings. The zero-order valence-corrected chi connectivity index (χ0v) is 9.77. The summed E-state index contributed by atoms with van der Waals surface area (Å²) in [5, 5.41) is 9.67. The first-order chi connectivity index (χ1) is 7.70. The lowest BCUT2D eigenvalue weighted by Crippen LogP contribution is -2.15. The molecule has 2 rings (SSSR count). The monoisotopic (exact) mass is 222 g/mol. The van der Waals surface area contributed by atoms with Crippen LogP contribution in [0.3, 0.4) is 0 Å². The Morgan fingerprint density at radius 1 is 1.50 bits per heavy atom. The van der Waals surface area contributed by atoms with Crippen LogP contribution in [0.5, 0.6) is 5.75 Å². The normalized spacial score (nSPS) is 20.6. The van der Waals surface area contributed by atoms with Gasteiger partial charge in [-0.3, -0.25) is 0 Å². The van der Waals surface area contributed by atoms with Gasteiger partial charge in [-0.05, 0) is 43.0 Å². The highest BCUT2D eigenvalue weighted by Crippen LogP contribution is 2.33. The molecule has 0 radical (unpaired) electrons. The van der Waals surface area contributed by atoms with Crippen molar-refractivity contribution in [1.29, 1.82) is 0 Å². The lowest BCUT2D eigenvalue weighted by atomic mass is 10.1. The van der Waals surface area contributed by atoms with E-state index in [1.807, 2.05) is 25.1 Å². The van der Waals surface area contributed by atoms with E-state index in [0.29, 0.717) is 6.61 Å². The van der Waals surface area contributed by atoms with Crippen LogP contribution in [0.1, 0.15) is 30.6 Å². The van der Waals surface area contributed by atoms with Crippen molar-refractivity contribution in [3.8, 4) is 5.75 Å². The molecule has 16 heavy (non-hydrogen) atoms. The van der Waals surface area contributed by atoms with Gasteiger partial charge in [-0.15, -0.1) is 0 Å². The molecule has 0 saturated heterocycles. The van der Waals surface area contributed by atoms with Gasteiger partial charge in [0, 0.05) is 7.11 Å². The fourth-order valence-electron chi connectivity index (χ4n) is 1.94. The second-order valence-corrected chi connectivity index (χ2v) is 4.27. The maximum absolute atomic E-state index is 9.67. The van der Waals surface area contributed by atoms with E-state index in [1.165, 1.54) is 5.56 Å². The van der Waals surface area contributed by atoms with Gasteiger partial charge in [0.15, 0.2) is 0 Å². The summed E-state index contributed by atoms with van der Waals surface area (Å²) in [7, 11) is 1.67. The number of aliphatic hydroxyl groups excluding tert-OH is 1. The van der Waals surface area contributed by atoms with Gasteiger partial charge < -0.3 is 14.6 Å². The fraction of sp³-hybridized carbons (Fsp3) is 0.538. The molecule has 0 saturated carbocycles. The highest BCUT2D eigenvalue weighted by Gasteiger charge is 2.20. The number of aliphatic hydroxyl groups is 1. The summed E-state index contributed by atoms with van der Waals surface area (Å²) in [6.07, 6.45) is 1.57. The SMILES string of the molecule is COC(C)COc1ccc2c(c1)CC[C@@H]2O. The average Bonchev–Trinajstić information content (AvgIpc) is 2.67. The van der Waals surface area contributed by atoms with Crippen LogP contribution in [0.15, 0.2) is 18.2 Å². The molecular formula is C13H18O3. The molecule has 1 aromatic carbocycles. The fourth-order valence-corrected chi connectivity index (χ4v) is 1.94. The summed E-state index contributed by atoms with van der Waals surface area (Å²) in [6.45, 7) is 2.52. The Hall–Kier alpha value is -1.06. The average molecular weight is 222 g/mol. The van der Waals surface area contributed by atoms with Crippen molar-refractivity contribution in [2.24, 2.45) is 0 Å². The van der Waals surface area contributed by atoms with Gasteiger partial charge in [0.05, 0.1) is 12.2 Å². The molecule has 1 aromatic rings. The van der Waals surface area contributed by atoms with Gasteiger partial charge in [0.2, 0.25) is 0 Å². The smallest absolute Gasteiger partial charge is 0.119 e. The van der Waals surface area contributed by atoms with Crippen LogP contribution in [0.4, 0.5) is 0 Å². The molecule has 2 atom stereocenters. The Labute approximate surface area is 96.0 Å². The van der Waals surface area contributed by atoms with E-state index < -0.39 is 0 Å². The Kier molecular flexibility index (Phi) is 3.46. The van der Waals surface area contributed by atoms with Gasteiger partial charge in [-0.2, -0.15) is 0 Å². The van der Waals surface area contributed by atoms with E-state index in [2.05, 4.69) is 0 Å². The molecule has 0 spiro atoms. The first-order valence-electron chi connectivity index (χ1n) is 5.67. The van der Waals surface area contributed by atoms with Crippen LogP contribution in [0, 0.1) is 0 Å². The summed E-state index contributed by atoms with van der Waals surface area (Å²) < 4.78 is 10.7. The molecule has 3 nitrogen and oxygen atoms in total. The predicted octanol–water partition coefficient (Wildman–Crippen LogP) is 2.08. The minimum Gasteiger partial charge on any atom is -0.491 e. The highest BCUT2D eigenvalue weighted by atomic mass is 16.5. The summed E-state index contributed by atoms with van der Waals surface area (Å²) in [6, 6.07) is 5.89. The molecule has 1 aliphatic carbocycles. The molecule has 0 bridgehead atoms. The van der Waals surface area contributed by atoms with Gasteiger partial charge >= 0.3 is 0 Å². The van der Waals surface area contributed by atoms with Crippen molar-refractivity contribution in [3.63, 3.8) is 0 Å². The van der Waals surface area contributed by atoms with Crippen LogP contribution in [0.2, 0.25) is 0 Å². The number of aryl methyl sites for hydroxylation is 1. The Morgan fingerprint density at radius 2 is 2.31 bits per heavy atom. The minimum atomic E-state index is -0.290. The number of benzene rings is 1. The zero-order chi connectivity index (χ0) is 11.5. The molecular weight excluding hydrogens is 204 g/mol. The first kappa shape index (κ1) is 11.4. The minimum absolute atomic E-state index is 0.0962. The van der Waals surface area contributed by atoms with E-state index in [1.54, 1.807) is 7.11 Å². The second-order valence-electron chi connectivity index (χ2n) is 4.27. The van der Waals surface area contributed by atoms with Crippen LogP contribution in [0.25, 0.3) is 0 Å². The Bertz CT molecular complexity index is 362. The summed E-state index contributed by atoms with van der Waals surface area (Å²) in [5.74, 6) is 0.858. The van der Waals surface area contributed by atoms with Crippen molar-refractivity contribution < 1.29 is 14.6 Å². The standard InChI is InChI=1S/C13H18O3/c1-9(15-2)8-16-11-4-5-12-10(7-11)3-6-13(12)14/h4-5,7,9,13-14H,3,6,8H2,1-2H3/t9?,13-/m0/s1. The molecule has 0 amide bonds. The number of hydrogen-bond donors (Lipinski definition) is 1. The van der Waals surface area contributed by atoms with Crippen molar-refractivity contribution in [2.75, 3.05) is 13.7 Å². The second kappa shape index (κ2) is 4.85. The topological polar surface area (TPSA) is 38.7 Å². The summed E-state index contributed by atoms with van der Waals surface area (Å²) in [5.41, 5.74) is 2.25. The van der Waals surface area contributed by atoms with Crippen molar-refractivity contribution in [3.05, 3.63) is 29.3 Å². The number of methoxy groups -OCH3 is 1. The van der Waals surface area contributed by atoms with Gasteiger partial charge in [0.25, 0.3) is 0 Å². The van der Waals surface area contributed by atoms with Gasteiger partial charge in [0.1, 0.15) is 12.4 Å². The number of rotatable bonds is 4. The van der Waals surface area contributed by atoms with E-state index in [-0.39, 0.29) is 12.2 Å². The van der Waals surface area contributed by atoms with Crippen LogP contribution >= 0.6 is 0 Å². The molecule has 3 heteroatoms. The summed E-state index contributed by atoms with van der Waals surface area (Å²) in [4.78, 5) is 0. The molecule has 1 aliphatic rings. The largest absolute Gasteiger partial charge is 0.491 e. The van der Waals surface area contributed by atoms with Crippen LogP contribution in [-0.2, 0) is 11.2 Å². The molecule has 0 aliphatic heterocycles. The van der Waals surface area contributed by atoms with E-state index in [0.717, 1.165) is 24.2 Å². The van der Waals surface area contributed by atoms with E-state index >= 15 is 0 Å². The van der Waals surface area contributed by atoms with Gasteiger partial charge in [-0.1, -0.05) is 6.07 Å². The number of fused-ring (bicyclic) bond motifs is 1. The third kappa shape index (κ3) is 2.36. The molecule has 88 valence electrons. The molecule has 1 unspecified atom stereocenters. The van der Waals surface area contributed by atoms with Crippen LogP contribution in [-0.4, -0.2) is 24.9 Å². The Morgan fingerprint density at radius 3 is 3.06 bits per heavy atom. The maximum atomic E-state index is 9.67. The van der Waals surface area contributed by atoms with Gasteiger partial charge in [-0.25, -0.2) is 0 Å². The third-order valence-electron chi connectivity index (χ3n) is 3.05. The quantitative estimate of drug-likeness (QED) is 0.847. The molecule has 0 aromatic heterocycles.